The SMILES string of the molecule is CCCn1c(SCc2nc(N)nc(N(C)C)n2)nnc1-c1ccncc1. The van der Waals surface area contributed by atoms with E-state index in [2.05, 4.69) is 41.6 Å². The zero-order valence-corrected chi connectivity index (χ0v) is 15.8. The summed E-state index contributed by atoms with van der Waals surface area (Å²) in [6.07, 6.45) is 4.49. The first kappa shape index (κ1) is 18.1. The number of pyridine rings is 1. The summed E-state index contributed by atoms with van der Waals surface area (Å²) in [6.45, 7) is 2.95. The fourth-order valence-electron chi connectivity index (χ4n) is 2.35. The van der Waals surface area contributed by atoms with E-state index in [1.54, 1.807) is 17.3 Å². The molecule has 0 radical (unpaired) electrons. The number of nitrogens with zero attached hydrogens (tertiary/aromatic N) is 8. The van der Waals surface area contributed by atoms with E-state index in [1.165, 1.54) is 11.8 Å². The summed E-state index contributed by atoms with van der Waals surface area (Å²) in [5.41, 5.74) is 6.78. The summed E-state index contributed by atoms with van der Waals surface area (Å²) < 4.78 is 2.11. The van der Waals surface area contributed by atoms with Gasteiger partial charge in [0.05, 0.1) is 5.75 Å². The number of anilines is 2. The van der Waals surface area contributed by atoms with Crippen molar-refractivity contribution in [1.82, 2.24) is 34.7 Å². The van der Waals surface area contributed by atoms with E-state index >= 15 is 0 Å². The molecule has 0 unspecified atom stereocenters. The average molecular weight is 371 g/mol. The molecule has 26 heavy (non-hydrogen) atoms. The number of hydrogen-bond donors (Lipinski definition) is 1. The van der Waals surface area contributed by atoms with E-state index in [0.717, 1.165) is 29.5 Å². The Balaban J connectivity index is 1.83. The standard InChI is InChI=1S/C16H21N9S/c1-4-9-25-13(11-5-7-18-8-6-11)22-23-16(25)26-10-12-19-14(17)21-15(20-12)24(2)3/h5-8H,4,9-10H2,1-3H3,(H2,17,19,20,21). The normalized spacial score (nSPS) is 10.9. The van der Waals surface area contributed by atoms with Crippen molar-refractivity contribution >= 4 is 23.7 Å². The summed E-state index contributed by atoms with van der Waals surface area (Å²) >= 11 is 1.53. The highest BCUT2D eigenvalue weighted by Crippen LogP contribution is 2.26. The molecule has 0 spiro atoms. The van der Waals surface area contributed by atoms with Crippen LogP contribution in [0.4, 0.5) is 11.9 Å². The third kappa shape index (κ3) is 4.07. The third-order valence-electron chi connectivity index (χ3n) is 3.52. The topological polar surface area (TPSA) is 112 Å². The first-order valence-electron chi connectivity index (χ1n) is 8.22. The summed E-state index contributed by atoms with van der Waals surface area (Å²) in [4.78, 5) is 18.6. The van der Waals surface area contributed by atoms with Crippen molar-refractivity contribution in [3.05, 3.63) is 30.4 Å². The van der Waals surface area contributed by atoms with Crippen molar-refractivity contribution in [2.75, 3.05) is 24.7 Å². The van der Waals surface area contributed by atoms with E-state index < -0.39 is 0 Å². The van der Waals surface area contributed by atoms with E-state index in [0.29, 0.717) is 17.5 Å². The van der Waals surface area contributed by atoms with Crippen LogP contribution >= 0.6 is 11.8 Å². The van der Waals surface area contributed by atoms with Crippen LogP contribution in [0.3, 0.4) is 0 Å². The zero-order chi connectivity index (χ0) is 18.5. The van der Waals surface area contributed by atoms with Crippen molar-refractivity contribution in [2.24, 2.45) is 0 Å². The molecule has 0 aromatic carbocycles. The van der Waals surface area contributed by atoms with Gasteiger partial charge in [0.15, 0.2) is 11.0 Å². The number of nitrogens with two attached hydrogens (primary N) is 1. The molecule has 9 nitrogen and oxygen atoms in total. The van der Waals surface area contributed by atoms with Crippen LogP contribution in [0.1, 0.15) is 19.2 Å². The van der Waals surface area contributed by atoms with Crippen molar-refractivity contribution in [3.8, 4) is 11.4 Å². The van der Waals surface area contributed by atoms with Gasteiger partial charge in [-0.3, -0.25) is 4.98 Å². The lowest BCUT2D eigenvalue weighted by Crippen LogP contribution is -2.16. The lowest BCUT2D eigenvalue weighted by molar-refractivity contribution is 0.626. The first-order valence-corrected chi connectivity index (χ1v) is 9.21. The third-order valence-corrected chi connectivity index (χ3v) is 4.48. The molecule has 3 aromatic rings. The molecule has 0 aliphatic rings. The average Bonchev–Trinajstić information content (AvgIpc) is 3.03. The predicted molar refractivity (Wildman–Crippen MR) is 102 cm³/mol. The Kier molecular flexibility index (Phi) is 5.61. The van der Waals surface area contributed by atoms with E-state index in [4.69, 9.17) is 5.73 Å². The minimum Gasteiger partial charge on any atom is -0.368 e. The summed E-state index contributed by atoms with van der Waals surface area (Å²) in [5.74, 6) is 2.74. The number of nitrogen functional groups attached to an aromatic ring is 1. The van der Waals surface area contributed by atoms with Gasteiger partial charge in [-0.1, -0.05) is 18.7 Å². The van der Waals surface area contributed by atoms with Crippen LogP contribution in [0.5, 0.6) is 0 Å². The molecule has 3 aromatic heterocycles. The van der Waals surface area contributed by atoms with Gasteiger partial charge in [-0.25, -0.2) is 0 Å². The molecule has 0 aliphatic heterocycles. The predicted octanol–water partition coefficient (Wildman–Crippen LogP) is 1.88. The lowest BCUT2D eigenvalue weighted by Gasteiger charge is -2.11. The summed E-state index contributed by atoms with van der Waals surface area (Å²) in [6, 6.07) is 3.86. The Morgan fingerprint density at radius 2 is 1.88 bits per heavy atom. The van der Waals surface area contributed by atoms with Gasteiger partial charge in [0, 0.05) is 38.6 Å². The van der Waals surface area contributed by atoms with Crippen molar-refractivity contribution in [2.45, 2.75) is 30.8 Å². The van der Waals surface area contributed by atoms with Gasteiger partial charge in [0.2, 0.25) is 11.9 Å². The van der Waals surface area contributed by atoms with Crippen LogP contribution in [0.15, 0.2) is 29.7 Å². The smallest absolute Gasteiger partial charge is 0.229 e. The van der Waals surface area contributed by atoms with E-state index in [9.17, 15) is 0 Å². The minimum atomic E-state index is 0.215. The van der Waals surface area contributed by atoms with Crippen LogP contribution in [0, 0.1) is 0 Å². The van der Waals surface area contributed by atoms with E-state index in [-0.39, 0.29) is 5.95 Å². The van der Waals surface area contributed by atoms with Crippen molar-refractivity contribution < 1.29 is 0 Å². The van der Waals surface area contributed by atoms with Crippen molar-refractivity contribution in [1.29, 1.82) is 0 Å². The molecule has 3 rings (SSSR count). The molecule has 0 amide bonds. The molecule has 10 heteroatoms. The molecule has 3 heterocycles. The van der Waals surface area contributed by atoms with Gasteiger partial charge in [0.1, 0.15) is 5.82 Å². The van der Waals surface area contributed by atoms with E-state index in [1.807, 2.05) is 26.2 Å². The second-order valence-corrected chi connectivity index (χ2v) is 6.73. The Labute approximate surface area is 156 Å². The fraction of sp³-hybridized carbons (Fsp3) is 0.375. The number of rotatable bonds is 7. The molecule has 136 valence electrons. The molecule has 0 aliphatic carbocycles. The van der Waals surface area contributed by atoms with Crippen LogP contribution < -0.4 is 10.6 Å². The first-order chi connectivity index (χ1) is 12.6. The summed E-state index contributed by atoms with van der Waals surface area (Å²) in [7, 11) is 3.73. The van der Waals surface area contributed by atoms with Gasteiger partial charge < -0.3 is 15.2 Å². The highest BCUT2D eigenvalue weighted by molar-refractivity contribution is 7.98. The molecular formula is C16H21N9S. The van der Waals surface area contributed by atoms with Crippen molar-refractivity contribution in [3.63, 3.8) is 0 Å². The van der Waals surface area contributed by atoms with Gasteiger partial charge >= 0.3 is 0 Å². The monoisotopic (exact) mass is 371 g/mol. The second-order valence-electron chi connectivity index (χ2n) is 5.79. The molecule has 0 atom stereocenters. The molecule has 0 saturated heterocycles. The molecular weight excluding hydrogens is 350 g/mol. The molecule has 0 fully saturated rings. The summed E-state index contributed by atoms with van der Waals surface area (Å²) in [5, 5.41) is 9.53. The zero-order valence-electron chi connectivity index (χ0n) is 15.0. The maximum atomic E-state index is 5.79. The Bertz CT molecular complexity index is 863. The van der Waals surface area contributed by atoms with Gasteiger partial charge in [0.25, 0.3) is 0 Å². The van der Waals surface area contributed by atoms with Gasteiger partial charge in [-0.15, -0.1) is 10.2 Å². The molecule has 0 saturated carbocycles. The van der Waals surface area contributed by atoms with Crippen LogP contribution in [-0.4, -0.2) is 48.8 Å². The lowest BCUT2D eigenvalue weighted by atomic mass is 10.2. The quantitative estimate of drug-likeness (QED) is 0.622. The van der Waals surface area contributed by atoms with Crippen LogP contribution in [0.25, 0.3) is 11.4 Å². The van der Waals surface area contributed by atoms with Gasteiger partial charge in [-0.05, 0) is 18.6 Å². The largest absolute Gasteiger partial charge is 0.368 e. The Hall–Kier alpha value is -2.75. The van der Waals surface area contributed by atoms with Crippen LogP contribution in [-0.2, 0) is 12.3 Å². The number of thioether (sulfide) groups is 1. The molecule has 0 bridgehead atoms. The maximum Gasteiger partial charge on any atom is 0.229 e. The highest BCUT2D eigenvalue weighted by Gasteiger charge is 2.15. The molecule has 2 N–H and O–H groups in total. The Morgan fingerprint density at radius 1 is 1.12 bits per heavy atom. The fourth-order valence-corrected chi connectivity index (χ4v) is 3.17. The maximum absolute atomic E-state index is 5.79. The second kappa shape index (κ2) is 8.09. The highest BCUT2D eigenvalue weighted by atomic mass is 32.2. The van der Waals surface area contributed by atoms with Gasteiger partial charge in [-0.2, -0.15) is 15.0 Å². The number of hydrogen-bond acceptors (Lipinski definition) is 9. The minimum absolute atomic E-state index is 0.215. The number of aromatic nitrogens is 7. The van der Waals surface area contributed by atoms with Crippen LogP contribution in [0.2, 0.25) is 0 Å². The Morgan fingerprint density at radius 3 is 2.58 bits per heavy atom.